The van der Waals surface area contributed by atoms with Crippen molar-refractivity contribution < 1.29 is 14.3 Å². The van der Waals surface area contributed by atoms with E-state index in [2.05, 4.69) is 16.8 Å². The molecule has 5 rings (SSSR count). The summed E-state index contributed by atoms with van der Waals surface area (Å²) in [5.74, 6) is -1.67. The van der Waals surface area contributed by atoms with Crippen molar-refractivity contribution in [3.8, 4) is 0 Å². The Morgan fingerprint density at radius 1 is 1.28 bits per heavy atom. The molecule has 2 atom stereocenters. The minimum absolute atomic E-state index is 0.0652. The first kappa shape index (κ1) is 18.6. The van der Waals surface area contributed by atoms with E-state index in [0.29, 0.717) is 17.6 Å². The molecule has 1 aromatic carbocycles. The van der Waals surface area contributed by atoms with Gasteiger partial charge < -0.3 is 19.5 Å². The van der Waals surface area contributed by atoms with Crippen molar-refractivity contribution >= 4 is 22.6 Å². The SMILES string of the molecule is CC1CCc2c(N3CCC4(CCN(C)C4)C3)c(F)cc3c(=O)c(C(=O)O)cn1c23. The number of aromatic nitrogens is 1. The minimum atomic E-state index is -1.27. The van der Waals surface area contributed by atoms with Crippen LogP contribution in [0.2, 0.25) is 0 Å². The van der Waals surface area contributed by atoms with E-state index in [1.165, 1.54) is 12.3 Å². The van der Waals surface area contributed by atoms with E-state index >= 15 is 4.39 Å². The standard InChI is InChI=1S/C22H26FN3O3/c1-13-3-4-14-18-15(20(27)16(21(28)29)10-26(13)18)9-17(23)19(14)25-8-6-22(12-25)5-7-24(2)11-22/h9-10,13H,3-8,11-12H2,1-2H3,(H,28,29). The Bertz CT molecular complexity index is 1100. The Balaban J connectivity index is 1.69. The quantitative estimate of drug-likeness (QED) is 0.841. The molecule has 154 valence electrons. The van der Waals surface area contributed by atoms with Gasteiger partial charge in [0.2, 0.25) is 5.43 Å². The topological polar surface area (TPSA) is 65.8 Å². The summed E-state index contributed by atoms with van der Waals surface area (Å²) in [5.41, 5.74) is 1.51. The van der Waals surface area contributed by atoms with Crippen LogP contribution in [0, 0.1) is 11.2 Å². The molecule has 0 radical (unpaired) electrons. The van der Waals surface area contributed by atoms with Crippen LogP contribution in [0.25, 0.3) is 10.9 Å². The second-order valence-electron chi connectivity index (χ2n) is 9.21. The van der Waals surface area contributed by atoms with Crippen LogP contribution < -0.4 is 10.3 Å². The number of benzene rings is 1. The summed E-state index contributed by atoms with van der Waals surface area (Å²) in [6, 6.07) is 1.33. The number of pyridine rings is 1. The molecule has 0 aliphatic carbocycles. The second-order valence-corrected chi connectivity index (χ2v) is 9.21. The van der Waals surface area contributed by atoms with Gasteiger partial charge >= 0.3 is 5.97 Å². The molecule has 2 saturated heterocycles. The average molecular weight is 399 g/mol. The summed E-state index contributed by atoms with van der Waals surface area (Å²) in [5, 5.41) is 9.62. The molecule has 3 aliphatic rings. The van der Waals surface area contributed by atoms with Crippen molar-refractivity contribution in [1.82, 2.24) is 9.47 Å². The maximum atomic E-state index is 15.4. The Hall–Kier alpha value is -2.41. The normalized spacial score (nSPS) is 26.7. The van der Waals surface area contributed by atoms with Gasteiger partial charge in [0.05, 0.1) is 11.2 Å². The largest absolute Gasteiger partial charge is 0.477 e. The minimum Gasteiger partial charge on any atom is -0.477 e. The van der Waals surface area contributed by atoms with E-state index in [4.69, 9.17) is 0 Å². The van der Waals surface area contributed by atoms with Gasteiger partial charge in [0.25, 0.3) is 0 Å². The third kappa shape index (κ3) is 2.70. The lowest BCUT2D eigenvalue weighted by atomic mass is 9.86. The molecule has 2 unspecified atom stereocenters. The molecule has 0 saturated carbocycles. The second kappa shape index (κ2) is 6.29. The monoisotopic (exact) mass is 399 g/mol. The summed E-state index contributed by atoms with van der Waals surface area (Å²) >= 11 is 0. The number of aromatic carboxylic acids is 1. The van der Waals surface area contributed by atoms with Gasteiger partial charge in [0, 0.05) is 48.2 Å². The summed E-state index contributed by atoms with van der Waals surface area (Å²) in [6.45, 7) is 5.78. The predicted molar refractivity (Wildman–Crippen MR) is 110 cm³/mol. The fraction of sp³-hybridized carbons (Fsp3) is 0.545. The van der Waals surface area contributed by atoms with Gasteiger partial charge in [0.15, 0.2) is 0 Å². The zero-order chi connectivity index (χ0) is 20.5. The van der Waals surface area contributed by atoms with Crippen molar-refractivity contribution in [3.05, 3.63) is 39.4 Å². The first-order chi connectivity index (χ1) is 13.8. The molecule has 4 heterocycles. The molecule has 0 bridgehead atoms. The van der Waals surface area contributed by atoms with Gasteiger partial charge in [0.1, 0.15) is 11.4 Å². The van der Waals surface area contributed by atoms with E-state index < -0.39 is 17.2 Å². The lowest BCUT2D eigenvalue weighted by molar-refractivity contribution is 0.0694. The molecule has 1 spiro atoms. The van der Waals surface area contributed by atoms with Crippen LogP contribution >= 0.6 is 0 Å². The van der Waals surface area contributed by atoms with Crippen LogP contribution in [-0.4, -0.2) is 53.8 Å². The highest BCUT2D eigenvalue weighted by Crippen LogP contribution is 2.44. The number of hydrogen-bond donors (Lipinski definition) is 1. The van der Waals surface area contributed by atoms with E-state index in [-0.39, 0.29) is 22.4 Å². The summed E-state index contributed by atoms with van der Waals surface area (Å²) < 4.78 is 17.3. The predicted octanol–water partition coefficient (Wildman–Crippen LogP) is 2.88. The van der Waals surface area contributed by atoms with Crippen molar-refractivity contribution in [2.75, 3.05) is 38.1 Å². The lowest BCUT2D eigenvalue weighted by Crippen LogP contribution is -2.31. The number of anilines is 1. The number of carboxylic acids is 1. The molecule has 1 N–H and O–H groups in total. The van der Waals surface area contributed by atoms with Crippen LogP contribution in [0.4, 0.5) is 10.1 Å². The molecule has 2 aromatic rings. The number of likely N-dealkylation sites (tertiary alicyclic amines) is 1. The van der Waals surface area contributed by atoms with Crippen LogP contribution in [0.3, 0.4) is 0 Å². The zero-order valence-electron chi connectivity index (χ0n) is 16.9. The molecule has 2 fully saturated rings. The van der Waals surface area contributed by atoms with Gasteiger partial charge in [-0.25, -0.2) is 9.18 Å². The highest BCUT2D eigenvalue weighted by atomic mass is 19.1. The fourth-order valence-electron chi connectivity index (χ4n) is 5.75. The van der Waals surface area contributed by atoms with Gasteiger partial charge in [-0.2, -0.15) is 0 Å². The molecule has 0 amide bonds. The number of aryl methyl sites for hydroxylation is 1. The summed E-state index contributed by atoms with van der Waals surface area (Å²) in [4.78, 5) is 28.8. The van der Waals surface area contributed by atoms with Gasteiger partial charge in [-0.1, -0.05) is 0 Å². The Labute approximate surface area is 168 Å². The van der Waals surface area contributed by atoms with Crippen LogP contribution in [0.1, 0.15) is 48.1 Å². The molecular formula is C22H26FN3O3. The van der Waals surface area contributed by atoms with Crippen LogP contribution in [-0.2, 0) is 6.42 Å². The molecule has 1 aromatic heterocycles. The molecule has 3 aliphatic heterocycles. The fourth-order valence-corrected chi connectivity index (χ4v) is 5.75. The van der Waals surface area contributed by atoms with Gasteiger partial charge in [-0.05, 0) is 52.3 Å². The number of hydrogen-bond acceptors (Lipinski definition) is 4. The number of halogens is 1. The third-order valence-corrected chi connectivity index (χ3v) is 7.24. The van der Waals surface area contributed by atoms with Crippen molar-refractivity contribution in [2.24, 2.45) is 5.41 Å². The average Bonchev–Trinajstić information content (AvgIpc) is 3.24. The van der Waals surface area contributed by atoms with Gasteiger partial charge in [-0.15, -0.1) is 0 Å². The summed E-state index contributed by atoms with van der Waals surface area (Å²) in [7, 11) is 2.14. The van der Waals surface area contributed by atoms with E-state index in [1.807, 2.05) is 11.5 Å². The number of carboxylic acid groups (broad SMARTS) is 1. The van der Waals surface area contributed by atoms with Gasteiger partial charge in [-0.3, -0.25) is 4.79 Å². The van der Waals surface area contributed by atoms with E-state index in [1.54, 1.807) is 0 Å². The maximum Gasteiger partial charge on any atom is 0.341 e. The van der Waals surface area contributed by atoms with Crippen molar-refractivity contribution in [3.63, 3.8) is 0 Å². The highest BCUT2D eigenvalue weighted by Gasteiger charge is 2.43. The van der Waals surface area contributed by atoms with E-state index in [9.17, 15) is 14.7 Å². The highest BCUT2D eigenvalue weighted by molar-refractivity contribution is 5.95. The van der Waals surface area contributed by atoms with Crippen LogP contribution in [0.15, 0.2) is 17.1 Å². The smallest absolute Gasteiger partial charge is 0.341 e. The first-order valence-electron chi connectivity index (χ1n) is 10.4. The Kier molecular flexibility index (Phi) is 4.04. The Morgan fingerprint density at radius 2 is 2.03 bits per heavy atom. The van der Waals surface area contributed by atoms with Crippen LogP contribution in [0.5, 0.6) is 0 Å². The number of nitrogens with zero attached hydrogens (tertiary/aromatic N) is 3. The number of carbonyl (C=O) groups is 1. The summed E-state index contributed by atoms with van der Waals surface area (Å²) in [6.07, 6.45) is 5.12. The van der Waals surface area contributed by atoms with Crippen molar-refractivity contribution in [2.45, 2.75) is 38.6 Å². The maximum absolute atomic E-state index is 15.4. The molecule has 7 heteroatoms. The van der Waals surface area contributed by atoms with Crippen molar-refractivity contribution in [1.29, 1.82) is 0 Å². The molecular weight excluding hydrogens is 373 g/mol. The first-order valence-corrected chi connectivity index (χ1v) is 10.4. The Morgan fingerprint density at radius 3 is 2.72 bits per heavy atom. The number of rotatable bonds is 2. The third-order valence-electron chi connectivity index (χ3n) is 7.24. The van der Waals surface area contributed by atoms with E-state index in [0.717, 1.165) is 51.0 Å². The molecule has 6 nitrogen and oxygen atoms in total. The zero-order valence-corrected chi connectivity index (χ0v) is 16.9. The molecule has 29 heavy (non-hydrogen) atoms. The lowest BCUT2D eigenvalue weighted by Gasteiger charge is -2.32.